The smallest absolute Gasteiger partial charge is 0.184 e. The van der Waals surface area contributed by atoms with Crippen molar-refractivity contribution in [3.8, 4) is 0 Å². The summed E-state index contributed by atoms with van der Waals surface area (Å²) < 4.78 is 0. The number of nitrogens with one attached hydrogen (secondary N) is 1. The fourth-order valence-corrected chi connectivity index (χ4v) is 1.28. The van der Waals surface area contributed by atoms with Gasteiger partial charge in [0.15, 0.2) is 5.11 Å². The van der Waals surface area contributed by atoms with Crippen molar-refractivity contribution in [2.75, 3.05) is 0 Å². The zero-order valence-corrected chi connectivity index (χ0v) is 8.08. The third kappa shape index (κ3) is 2.93. The molecular weight excluding hydrogens is 192 g/mol. The maximum absolute atomic E-state index is 5.15. The molecule has 0 unspecified atom stereocenters. The summed E-state index contributed by atoms with van der Waals surface area (Å²) in [7, 11) is 0. The first-order valence-corrected chi connectivity index (χ1v) is 4.42. The van der Waals surface area contributed by atoms with E-state index in [2.05, 4.69) is 27.7 Å². The number of hydrazone groups is 1. The largest absolute Gasteiger partial charge is 0.375 e. The molecule has 12 heavy (non-hydrogen) atoms. The number of aromatic nitrogens is 1. The van der Waals surface area contributed by atoms with Crippen molar-refractivity contribution in [3.63, 3.8) is 0 Å². The lowest BCUT2D eigenvalue weighted by Gasteiger charge is -1.90. The zero-order valence-electron chi connectivity index (χ0n) is 6.44. The lowest BCUT2D eigenvalue weighted by atomic mass is 10.6. The molecule has 3 N–H and O–H groups in total. The molecule has 0 amide bonds. The number of thiazole rings is 1. The Morgan fingerprint density at radius 3 is 3.17 bits per heavy atom. The van der Waals surface area contributed by atoms with Crippen LogP contribution in [0.25, 0.3) is 0 Å². The lowest BCUT2D eigenvalue weighted by Crippen LogP contribution is -2.23. The molecule has 0 atom stereocenters. The minimum Gasteiger partial charge on any atom is -0.375 e. The summed E-state index contributed by atoms with van der Waals surface area (Å²) in [6.07, 6.45) is 3.36. The Kier molecular flexibility index (Phi) is 3.12. The Labute approximate surface area is 79.5 Å². The van der Waals surface area contributed by atoms with Gasteiger partial charge in [-0.2, -0.15) is 5.10 Å². The summed E-state index contributed by atoms with van der Waals surface area (Å²) in [4.78, 5) is 5.20. The number of aryl methyl sites for hydroxylation is 1. The van der Waals surface area contributed by atoms with E-state index in [1.54, 1.807) is 23.7 Å². The Morgan fingerprint density at radius 2 is 2.67 bits per heavy atom. The van der Waals surface area contributed by atoms with E-state index in [1.165, 1.54) is 0 Å². The van der Waals surface area contributed by atoms with E-state index in [1.807, 2.05) is 6.92 Å². The number of nitrogens with zero attached hydrogens (tertiary/aromatic N) is 2. The summed E-state index contributed by atoms with van der Waals surface area (Å²) >= 11 is 6.11. The second kappa shape index (κ2) is 4.13. The minimum atomic E-state index is 0.152. The topological polar surface area (TPSA) is 63.3 Å². The number of rotatable bonds is 2. The van der Waals surface area contributed by atoms with Crippen LogP contribution in [0.4, 0.5) is 0 Å². The summed E-state index contributed by atoms with van der Waals surface area (Å²) in [5.41, 5.74) is 7.60. The van der Waals surface area contributed by atoms with Gasteiger partial charge in [-0.15, -0.1) is 11.3 Å². The van der Waals surface area contributed by atoms with Crippen LogP contribution in [-0.2, 0) is 0 Å². The molecule has 0 radical (unpaired) electrons. The summed E-state index contributed by atoms with van der Waals surface area (Å²) in [5.74, 6) is 0. The third-order valence-corrected chi connectivity index (χ3v) is 1.93. The van der Waals surface area contributed by atoms with Gasteiger partial charge in [0.25, 0.3) is 0 Å². The molecule has 0 spiro atoms. The summed E-state index contributed by atoms with van der Waals surface area (Å²) in [6, 6.07) is 0. The molecule has 0 aliphatic heterocycles. The molecule has 1 aromatic heterocycles. The van der Waals surface area contributed by atoms with Crippen molar-refractivity contribution in [1.82, 2.24) is 10.4 Å². The molecule has 0 saturated carbocycles. The molecule has 0 aliphatic rings. The Hall–Kier alpha value is -1.01. The van der Waals surface area contributed by atoms with E-state index in [0.29, 0.717) is 0 Å². The lowest BCUT2D eigenvalue weighted by molar-refractivity contribution is 1.04. The molecule has 0 fully saturated rings. The molecule has 0 bridgehead atoms. The highest BCUT2D eigenvalue weighted by molar-refractivity contribution is 7.80. The first-order valence-electron chi connectivity index (χ1n) is 3.19. The maximum atomic E-state index is 5.15. The highest BCUT2D eigenvalue weighted by Crippen LogP contribution is 2.07. The van der Waals surface area contributed by atoms with Crippen LogP contribution in [0.1, 0.15) is 9.88 Å². The number of hydrogen-bond donors (Lipinski definition) is 2. The Bertz CT molecular complexity index is 304. The van der Waals surface area contributed by atoms with E-state index in [-0.39, 0.29) is 5.11 Å². The second-order valence-corrected chi connectivity index (χ2v) is 3.75. The first-order chi connectivity index (χ1) is 5.68. The predicted molar refractivity (Wildman–Crippen MR) is 54.4 cm³/mol. The van der Waals surface area contributed by atoms with Gasteiger partial charge < -0.3 is 5.73 Å². The van der Waals surface area contributed by atoms with Gasteiger partial charge in [-0.25, -0.2) is 4.98 Å². The van der Waals surface area contributed by atoms with Crippen LogP contribution in [0.5, 0.6) is 0 Å². The fraction of sp³-hybridized carbons (Fsp3) is 0.167. The first kappa shape index (κ1) is 9.08. The molecule has 64 valence electrons. The van der Waals surface area contributed by atoms with Gasteiger partial charge in [0.05, 0.1) is 6.21 Å². The van der Waals surface area contributed by atoms with Crippen molar-refractivity contribution in [2.24, 2.45) is 10.8 Å². The Balaban J connectivity index is 2.52. The average molecular weight is 200 g/mol. The molecule has 0 aromatic carbocycles. The van der Waals surface area contributed by atoms with E-state index >= 15 is 0 Å². The van der Waals surface area contributed by atoms with Gasteiger partial charge in [-0.1, -0.05) is 0 Å². The van der Waals surface area contributed by atoms with E-state index in [9.17, 15) is 0 Å². The average Bonchev–Trinajstić information content (AvgIpc) is 2.35. The highest BCUT2D eigenvalue weighted by atomic mass is 32.1. The molecule has 6 heteroatoms. The van der Waals surface area contributed by atoms with Crippen LogP contribution in [0.2, 0.25) is 0 Å². The number of hydrogen-bond acceptors (Lipinski definition) is 4. The molecule has 1 aromatic rings. The van der Waals surface area contributed by atoms with E-state index in [0.717, 1.165) is 9.88 Å². The van der Waals surface area contributed by atoms with Crippen LogP contribution in [0.3, 0.4) is 0 Å². The van der Waals surface area contributed by atoms with Crippen LogP contribution in [-0.4, -0.2) is 16.3 Å². The van der Waals surface area contributed by atoms with E-state index < -0.39 is 0 Å². The van der Waals surface area contributed by atoms with Crippen LogP contribution in [0, 0.1) is 6.92 Å². The van der Waals surface area contributed by atoms with Crippen molar-refractivity contribution in [1.29, 1.82) is 0 Å². The van der Waals surface area contributed by atoms with Crippen molar-refractivity contribution >= 4 is 34.9 Å². The molecule has 4 nitrogen and oxygen atoms in total. The van der Waals surface area contributed by atoms with Crippen molar-refractivity contribution < 1.29 is 0 Å². The molecule has 1 rings (SSSR count). The zero-order chi connectivity index (χ0) is 8.97. The fourth-order valence-electron chi connectivity index (χ4n) is 0.583. The normalized spacial score (nSPS) is 10.4. The highest BCUT2D eigenvalue weighted by Gasteiger charge is 1.92. The van der Waals surface area contributed by atoms with Crippen molar-refractivity contribution in [2.45, 2.75) is 6.92 Å². The quantitative estimate of drug-likeness (QED) is 0.417. The number of thiocarbonyl (C=S) groups is 1. The van der Waals surface area contributed by atoms with Crippen molar-refractivity contribution in [3.05, 3.63) is 16.1 Å². The molecular formula is C6H8N4S2. The van der Waals surface area contributed by atoms with Gasteiger partial charge in [-0.3, -0.25) is 5.43 Å². The number of nitrogens with two attached hydrogens (primary N) is 1. The monoisotopic (exact) mass is 200 g/mol. The third-order valence-electron chi connectivity index (χ3n) is 0.989. The van der Waals surface area contributed by atoms with Crippen LogP contribution >= 0.6 is 23.6 Å². The minimum absolute atomic E-state index is 0.152. The Morgan fingerprint density at radius 1 is 1.92 bits per heavy atom. The SMILES string of the molecule is Cc1cnc(C=NNC(N)=S)s1. The summed E-state index contributed by atoms with van der Waals surface area (Å²) in [6.45, 7) is 1.98. The predicted octanol–water partition coefficient (Wildman–Crippen LogP) is 0.619. The van der Waals surface area contributed by atoms with Gasteiger partial charge >= 0.3 is 0 Å². The molecule has 0 saturated heterocycles. The maximum Gasteiger partial charge on any atom is 0.184 e. The van der Waals surface area contributed by atoms with Gasteiger partial charge in [0.2, 0.25) is 0 Å². The van der Waals surface area contributed by atoms with Gasteiger partial charge in [0.1, 0.15) is 5.01 Å². The van der Waals surface area contributed by atoms with Gasteiger partial charge in [0, 0.05) is 11.1 Å². The van der Waals surface area contributed by atoms with Crippen LogP contribution < -0.4 is 11.2 Å². The molecule has 1 heterocycles. The summed E-state index contributed by atoms with van der Waals surface area (Å²) in [5, 5.41) is 4.74. The second-order valence-electron chi connectivity index (χ2n) is 2.04. The molecule has 0 aliphatic carbocycles. The standard InChI is InChI=1S/C6H8N4S2/c1-4-2-8-5(12-4)3-9-10-6(7)11/h2-3H,1H3,(H3,7,10,11). The van der Waals surface area contributed by atoms with E-state index in [4.69, 9.17) is 5.73 Å². The van der Waals surface area contributed by atoms with Gasteiger partial charge in [-0.05, 0) is 19.1 Å². The van der Waals surface area contributed by atoms with Crippen LogP contribution in [0.15, 0.2) is 11.3 Å².